The van der Waals surface area contributed by atoms with Gasteiger partial charge >= 0.3 is 6.36 Å². The molecule has 0 aliphatic heterocycles. The highest BCUT2D eigenvalue weighted by atomic mass is 32.1. The van der Waals surface area contributed by atoms with E-state index in [1.165, 1.54) is 12.1 Å². The molecule has 2 aromatic rings. The van der Waals surface area contributed by atoms with Crippen LogP contribution in [0.25, 0.3) is 0 Å². The number of ether oxygens (including phenoxy) is 1. The predicted octanol–water partition coefficient (Wildman–Crippen LogP) is 3.93. The van der Waals surface area contributed by atoms with Crippen LogP contribution in [0.2, 0.25) is 0 Å². The van der Waals surface area contributed by atoms with Crippen LogP contribution in [0.1, 0.15) is 34.7 Å². The number of thiophene rings is 1. The maximum atomic E-state index is 12.1. The molecule has 0 saturated carbocycles. The summed E-state index contributed by atoms with van der Waals surface area (Å²) in [6.45, 7) is 0.468. The Morgan fingerprint density at radius 2 is 1.92 bits per heavy atom. The fraction of sp³-hybridized carbons (Fsp3) is 0.353. The summed E-state index contributed by atoms with van der Waals surface area (Å²) in [7, 11) is 0. The number of hydrogen-bond acceptors (Lipinski definition) is 4. The third kappa shape index (κ3) is 6.39. The highest BCUT2D eigenvalue weighted by Gasteiger charge is 2.31. The summed E-state index contributed by atoms with van der Waals surface area (Å²) in [5.41, 5.74) is 1.38. The zero-order valence-corrected chi connectivity index (χ0v) is 14.1. The van der Waals surface area contributed by atoms with Crippen molar-refractivity contribution in [1.82, 2.24) is 5.32 Å². The zero-order valence-electron chi connectivity index (χ0n) is 13.3. The van der Waals surface area contributed by atoms with Crippen molar-refractivity contribution in [3.05, 3.63) is 52.2 Å². The van der Waals surface area contributed by atoms with Crippen molar-refractivity contribution in [2.75, 3.05) is 13.2 Å². The molecule has 0 aliphatic rings. The van der Waals surface area contributed by atoms with Gasteiger partial charge in [-0.15, -0.1) is 13.2 Å². The van der Waals surface area contributed by atoms with Crippen molar-refractivity contribution in [1.29, 1.82) is 0 Å². The number of aliphatic hydroxyl groups excluding tert-OH is 1. The molecule has 8 heteroatoms. The summed E-state index contributed by atoms with van der Waals surface area (Å²) in [6, 6.07) is 6.75. The largest absolute Gasteiger partial charge is 0.573 e. The average molecular weight is 373 g/mol. The number of alkyl halides is 3. The van der Waals surface area contributed by atoms with Gasteiger partial charge in [-0.2, -0.15) is 11.3 Å². The molecule has 0 saturated heterocycles. The summed E-state index contributed by atoms with van der Waals surface area (Å²) in [6.07, 6.45) is -3.48. The van der Waals surface area contributed by atoms with Crippen LogP contribution in [0, 0.1) is 0 Å². The smallest absolute Gasteiger partial charge is 0.406 e. The van der Waals surface area contributed by atoms with E-state index in [1.54, 1.807) is 11.3 Å². The summed E-state index contributed by atoms with van der Waals surface area (Å²) >= 11 is 1.57. The maximum Gasteiger partial charge on any atom is 0.573 e. The van der Waals surface area contributed by atoms with Crippen molar-refractivity contribution < 1.29 is 27.8 Å². The normalized spacial score (nSPS) is 12.6. The van der Waals surface area contributed by atoms with Crippen LogP contribution in [0.4, 0.5) is 13.2 Å². The Kier molecular flexibility index (Phi) is 6.83. The first kappa shape index (κ1) is 19.3. The van der Waals surface area contributed by atoms with E-state index < -0.39 is 6.36 Å². The van der Waals surface area contributed by atoms with Crippen LogP contribution in [-0.4, -0.2) is 30.5 Å². The monoisotopic (exact) mass is 373 g/mol. The third-order valence-corrected chi connectivity index (χ3v) is 4.32. The molecule has 0 aliphatic carbocycles. The molecular formula is C17H18F3NO3S. The zero-order chi connectivity index (χ0) is 18.3. The lowest BCUT2D eigenvalue weighted by atomic mass is 9.95. The van der Waals surface area contributed by atoms with Crippen molar-refractivity contribution in [3.63, 3.8) is 0 Å². The van der Waals surface area contributed by atoms with Gasteiger partial charge in [-0.1, -0.05) is 0 Å². The van der Waals surface area contributed by atoms with Gasteiger partial charge < -0.3 is 15.2 Å². The number of carbonyl (C=O) groups excluding carboxylic acids is 1. The second kappa shape index (κ2) is 8.87. The van der Waals surface area contributed by atoms with Gasteiger partial charge in [0.25, 0.3) is 5.91 Å². The molecule has 1 aromatic heterocycles. The number of hydrogen-bond donors (Lipinski definition) is 2. The predicted molar refractivity (Wildman–Crippen MR) is 88.8 cm³/mol. The Balaban J connectivity index is 1.85. The second-order valence-electron chi connectivity index (χ2n) is 5.38. The lowest BCUT2D eigenvalue weighted by Gasteiger charge is -2.15. The van der Waals surface area contributed by atoms with Crippen LogP contribution in [0.3, 0.4) is 0 Å². The van der Waals surface area contributed by atoms with Gasteiger partial charge in [-0.25, -0.2) is 0 Å². The quantitative estimate of drug-likeness (QED) is 0.737. The molecule has 1 heterocycles. The molecule has 0 spiro atoms. The first-order valence-corrected chi connectivity index (χ1v) is 8.60. The van der Waals surface area contributed by atoms with Gasteiger partial charge in [0.1, 0.15) is 5.75 Å². The van der Waals surface area contributed by atoms with Gasteiger partial charge in [-0.05, 0) is 65.4 Å². The summed E-state index contributed by atoms with van der Waals surface area (Å²) in [4.78, 5) is 12.0. The highest BCUT2D eigenvalue weighted by molar-refractivity contribution is 7.07. The van der Waals surface area contributed by atoms with E-state index in [-0.39, 0.29) is 29.7 Å². The fourth-order valence-electron chi connectivity index (χ4n) is 2.41. The molecule has 136 valence electrons. The first-order valence-electron chi connectivity index (χ1n) is 7.66. The van der Waals surface area contributed by atoms with Crippen LogP contribution in [0.15, 0.2) is 41.1 Å². The Bertz CT molecular complexity index is 657. The molecule has 2 rings (SSSR count). The van der Waals surface area contributed by atoms with Gasteiger partial charge in [0.05, 0.1) is 0 Å². The van der Waals surface area contributed by atoms with Crippen molar-refractivity contribution in [2.45, 2.75) is 25.1 Å². The standard InChI is InChI=1S/C17H18F3NO3S/c18-17(19,20)24-15-3-1-13(2-4-15)16(23)21-8-5-12(6-9-22)14-7-10-25-11-14/h1-4,7,10-12,22H,5-6,8-9H2,(H,21,23)/t12-/m0/s1. The summed E-state index contributed by atoms with van der Waals surface area (Å²) in [5.74, 6) is -0.588. The average Bonchev–Trinajstić information content (AvgIpc) is 3.07. The Morgan fingerprint density at radius 3 is 2.48 bits per heavy atom. The minimum Gasteiger partial charge on any atom is -0.406 e. The van der Waals surface area contributed by atoms with Gasteiger partial charge in [0, 0.05) is 18.7 Å². The van der Waals surface area contributed by atoms with Crippen LogP contribution < -0.4 is 10.1 Å². The number of aliphatic hydroxyl groups is 1. The number of carbonyl (C=O) groups is 1. The molecule has 1 amide bonds. The number of amides is 1. The van der Waals surface area contributed by atoms with E-state index in [2.05, 4.69) is 10.1 Å². The molecule has 4 nitrogen and oxygen atoms in total. The van der Waals surface area contributed by atoms with E-state index in [1.807, 2.05) is 16.8 Å². The molecule has 0 radical (unpaired) electrons. The van der Waals surface area contributed by atoms with Crippen LogP contribution in [-0.2, 0) is 0 Å². The Labute approximate surface area is 147 Å². The topological polar surface area (TPSA) is 58.6 Å². The minimum absolute atomic E-state index is 0.0646. The molecule has 1 atom stereocenters. The number of nitrogens with one attached hydrogen (secondary N) is 1. The van der Waals surface area contributed by atoms with E-state index in [4.69, 9.17) is 5.11 Å². The number of benzene rings is 1. The lowest BCUT2D eigenvalue weighted by Crippen LogP contribution is -2.25. The molecule has 0 unspecified atom stereocenters. The molecule has 1 aromatic carbocycles. The highest BCUT2D eigenvalue weighted by Crippen LogP contribution is 2.25. The van der Waals surface area contributed by atoms with Gasteiger partial charge in [0.2, 0.25) is 0 Å². The Morgan fingerprint density at radius 1 is 1.20 bits per heavy atom. The van der Waals surface area contributed by atoms with Crippen molar-refractivity contribution in [2.24, 2.45) is 0 Å². The number of halogens is 3. The Hall–Kier alpha value is -2.06. The van der Waals surface area contributed by atoms with E-state index in [0.29, 0.717) is 19.4 Å². The summed E-state index contributed by atoms with van der Waals surface area (Å²) < 4.78 is 40.1. The molecular weight excluding hydrogens is 355 g/mol. The summed E-state index contributed by atoms with van der Waals surface area (Å²) in [5, 5.41) is 15.9. The third-order valence-electron chi connectivity index (χ3n) is 3.62. The van der Waals surface area contributed by atoms with Crippen LogP contribution >= 0.6 is 11.3 Å². The van der Waals surface area contributed by atoms with E-state index in [9.17, 15) is 18.0 Å². The van der Waals surface area contributed by atoms with Crippen molar-refractivity contribution in [3.8, 4) is 5.75 Å². The first-order chi connectivity index (χ1) is 11.9. The van der Waals surface area contributed by atoms with E-state index in [0.717, 1.165) is 17.7 Å². The van der Waals surface area contributed by atoms with Gasteiger partial charge in [0.15, 0.2) is 0 Å². The lowest BCUT2D eigenvalue weighted by molar-refractivity contribution is -0.274. The molecule has 0 fully saturated rings. The number of rotatable bonds is 8. The van der Waals surface area contributed by atoms with E-state index >= 15 is 0 Å². The molecule has 25 heavy (non-hydrogen) atoms. The SMILES string of the molecule is O=C(NCC[C@@H](CCO)c1ccsc1)c1ccc(OC(F)(F)F)cc1. The maximum absolute atomic E-state index is 12.1. The molecule has 0 bridgehead atoms. The fourth-order valence-corrected chi connectivity index (χ4v) is 3.15. The van der Waals surface area contributed by atoms with Crippen molar-refractivity contribution >= 4 is 17.2 Å². The minimum atomic E-state index is -4.76. The van der Waals surface area contributed by atoms with Crippen LogP contribution in [0.5, 0.6) is 5.75 Å². The second-order valence-corrected chi connectivity index (χ2v) is 6.16. The van der Waals surface area contributed by atoms with Gasteiger partial charge in [-0.3, -0.25) is 4.79 Å². The molecule has 2 N–H and O–H groups in total.